The van der Waals surface area contributed by atoms with Crippen LogP contribution in [0, 0.1) is 25.2 Å². The molecule has 0 fully saturated rings. The molecule has 1 unspecified atom stereocenters. The van der Waals surface area contributed by atoms with Crippen molar-refractivity contribution in [3.8, 4) is 6.07 Å². The zero-order valence-electron chi connectivity index (χ0n) is 11.9. The summed E-state index contributed by atoms with van der Waals surface area (Å²) in [7, 11) is 0. The van der Waals surface area contributed by atoms with Crippen LogP contribution in [0.4, 0.5) is 5.82 Å². The van der Waals surface area contributed by atoms with Gasteiger partial charge in [-0.1, -0.05) is 29.3 Å². The van der Waals surface area contributed by atoms with Crippen molar-refractivity contribution in [3.63, 3.8) is 0 Å². The standard InChI is InChI=1S/C15H14Cl2N4/c1-8-9(2)20-21-15(13(8)7-18)19-10(3)12-5-4-11(16)6-14(12)17/h4-6,10H,1-3H3,(H,19,21). The highest BCUT2D eigenvalue weighted by Gasteiger charge is 2.15. The Morgan fingerprint density at radius 3 is 2.57 bits per heavy atom. The number of nitrogens with zero attached hydrogens (tertiary/aromatic N) is 3. The van der Waals surface area contributed by atoms with E-state index in [0.717, 1.165) is 16.8 Å². The fourth-order valence-corrected chi connectivity index (χ4v) is 2.55. The van der Waals surface area contributed by atoms with Crippen LogP contribution < -0.4 is 5.32 Å². The van der Waals surface area contributed by atoms with Gasteiger partial charge in [-0.2, -0.15) is 10.4 Å². The van der Waals surface area contributed by atoms with Gasteiger partial charge in [-0.25, -0.2) is 0 Å². The fourth-order valence-electron chi connectivity index (χ4n) is 1.98. The number of aryl methyl sites for hydroxylation is 1. The van der Waals surface area contributed by atoms with E-state index in [2.05, 4.69) is 21.6 Å². The highest BCUT2D eigenvalue weighted by Crippen LogP contribution is 2.29. The van der Waals surface area contributed by atoms with Crippen LogP contribution in [0.3, 0.4) is 0 Å². The number of anilines is 1. The summed E-state index contributed by atoms with van der Waals surface area (Å²) in [5.41, 5.74) is 2.95. The van der Waals surface area contributed by atoms with Crippen LogP contribution in [0.1, 0.15) is 35.3 Å². The number of benzene rings is 1. The van der Waals surface area contributed by atoms with E-state index in [1.165, 1.54) is 0 Å². The molecule has 6 heteroatoms. The molecule has 108 valence electrons. The summed E-state index contributed by atoms with van der Waals surface area (Å²) >= 11 is 12.1. The molecule has 0 saturated carbocycles. The van der Waals surface area contributed by atoms with Gasteiger partial charge in [0.2, 0.25) is 0 Å². The average molecular weight is 321 g/mol. The summed E-state index contributed by atoms with van der Waals surface area (Å²) in [6.07, 6.45) is 0. The fraction of sp³-hybridized carbons (Fsp3) is 0.267. The lowest BCUT2D eigenvalue weighted by atomic mass is 10.1. The van der Waals surface area contributed by atoms with E-state index in [1.807, 2.05) is 26.8 Å². The number of halogens is 2. The number of nitrogens with one attached hydrogen (secondary N) is 1. The van der Waals surface area contributed by atoms with E-state index in [-0.39, 0.29) is 6.04 Å². The molecule has 0 spiro atoms. The minimum absolute atomic E-state index is 0.127. The van der Waals surface area contributed by atoms with Gasteiger partial charge in [-0.15, -0.1) is 5.10 Å². The van der Waals surface area contributed by atoms with Crippen molar-refractivity contribution in [1.82, 2.24) is 10.2 Å². The molecule has 0 aliphatic carbocycles. The largest absolute Gasteiger partial charge is 0.361 e. The summed E-state index contributed by atoms with van der Waals surface area (Å²) in [6, 6.07) is 7.35. The molecule has 0 radical (unpaired) electrons. The van der Waals surface area contributed by atoms with Crippen LogP contribution in [-0.2, 0) is 0 Å². The van der Waals surface area contributed by atoms with E-state index in [9.17, 15) is 5.26 Å². The highest BCUT2D eigenvalue weighted by atomic mass is 35.5. The van der Waals surface area contributed by atoms with Gasteiger partial charge in [-0.05, 0) is 44.0 Å². The topological polar surface area (TPSA) is 61.6 Å². The summed E-state index contributed by atoms with van der Waals surface area (Å²) in [5, 5.41) is 21.8. The van der Waals surface area contributed by atoms with Crippen LogP contribution in [0.2, 0.25) is 10.0 Å². The van der Waals surface area contributed by atoms with Gasteiger partial charge in [0.1, 0.15) is 11.6 Å². The summed E-state index contributed by atoms with van der Waals surface area (Å²) in [5.74, 6) is 0.458. The second kappa shape index (κ2) is 6.30. The third-order valence-corrected chi connectivity index (χ3v) is 3.91. The zero-order chi connectivity index (χ0) is 15.6. The summed E-state index contributed by atoms with van der Waals surface area (Å²) in [4.78, 5) is 0. The van der Waals surface area contributed by atoms with Crippen LogP contribution in [0.5, 0.6) is 0 Å². The quantitative estimate of drug-likeness (QED) is 0.907. The predicted molar refractivity (Wildman–Crippen MR) is 84.7 cm³/mol. The van der Waals surface area contributed by atoms with Crippen molar-refractivity contribution in [2.45, 2.75) is 26.8 Å². The maximum Gasteiger partial charge on any atom is 0.167 e. The maximum atomic E-state index is 9.30. The number of aromatic nitrogens is 2. The number of nitriles is 1. The first kappa shape index (κ1) is 15.6. The first-order valence-corrected chi connectivity index (χ1v) is 7.15. The molecule has 0 bridgehead atoms. The summed E-state index contributed by atoms with van der Waals surface area (Å²) < 4.78 is 0. The first-order chi connectivity index (χ1) is 9.93. The predicted octanol–water partition coefficient (Wildman–Crippen LogP) is 4.45. The zero-order valence-corrected chi connectivity index (χ0v) is 13.4. The van der Waals surface area contributed by atoms with Crippen LogP contribution >= 0.6 is 23.2 Å². The van der Waals surface area contributed by atoms with Crippen LogP contribution in [0.15, 0.2) is 18.2 Å². The molecule has 0 saturated heterocycles. The number of rotatable bonds is 3. The van der Waals surface area contributed by atoms with Gasteiger partial charge in [0.05, 0.1) is 11.7 Å². The normalized spacial score (nSPS) is 11.8. The average Bonchev–Trinajstić information content (AvgIpc) is 2.43. The van der Waals surface area contributed by atoms with Crippen molar-refractivity contribution in [3.05, 3.63) is 50.6 Å². The molecule has 1 atom stereocenters. The molecular formula is C15H14Cl2N4. The lowest BCUT2D eigenvalue weighted by molar-refractivity contribution is 0.849. The minimum Gasteiger partial charge on any atom is -0.361 e. The van der Waals surface area contributed by atoms with Crippen molar-refractivity contribution < 1.29 is 0 Å². The Bertz CT molecular complexity index is 722. The smallest absolute Gasteiger partial charge is 0.167 e. The van der Waals surface area contributed by atoms with Crippen molar-refractivity contribution in [2.24, 2.45) is 0 Å². The second-order valence-electron chi connectivity index (χ2n) is 4.78. The van der Waals surface area contributed by atoms with Crippen molar-refractivity contribution >= 4 is 29.0 Å². The third-order valence-electron chi connectivity index (χ3n) is 3.35. The first-order valence-electron chi connectivity index (χ1n) is 6.39. The molecule has 1 heterocycles. The van der Waals surface area contributed by atoms with Crippen LogP contribution in [0.25, 0.3) is 0 Å². The van der Waals surface area contributed by atoms with Crippen molar-refractivity contribution in [1.29, 1.82) is 5.26 Å². The second-order valence-corrected chi connectivity index (χ2v) is 5.62. The summed E-state index contributed by atoms with van der Waals surface area (Å²) in [6.45, 7) is 5.62. The van der Waals surface area contributed by atoms with Gasteiger partial charge in [0, 0.05) is 10.0 Å². The lowest BCUT2D eigenvalue weighted by Gasteiger charge is -2.17. The molecule has 1 aromatic heterocycles. The molecule has 2 aromatic rings. The van der Waals surface area contributed by atoms with Crippen LogP contribution in [-0.4, -0.2) is 10.2 Å². The van der Waals surface area contributed by atoms with E-state index in [0.29, 0.717) is 21.4 Å². The Morgan fingerprint density at radius 1 is 1.24 bits per heavy atom. The Hall–Kier alpha value is -1.83. The molecule has 1 N–H and O–H groups in total. The Labute approximate surface area is 133 Å². The molecule has 4 nitrogen and oxygen atoms in total. The van der Waals surface area contributed by atoms with E-state index in [1.54, 1.807) is 12.1 Å². The van der Waals surface area contributed by atoms with Gasteiger partial charge in [-0.3, -0.25) is 0 Å². The molecule has 0 aliphatic rings. The van der Waals surface area contributed by atoms with Crippen molar-refractivity contribution in [2.75, 3.05) is 5.32 Å². The minimum atomic E-state index is -0.127. The molecule has 2 rings (SSSR count). The maximum absolute atomic E-state index is 9.30. The van der Waals surface area contributed by atoms with Gasteiger partial charge < -0.3 is 5.32 Å². The molecule has 21 heavy (non-hydrogen) atoms. The Morgan fingerprint density at radius 2 is 1.95 bits per heavy atom. The van der Waals surface area contributed by atoms with Gasteiger partial charge >= 0.3 is 0 Å². The molecule has 0 aliphatic heterocycles. The number of hydrogen-bond acceptors (Lipinski definition) is 4. The number of hydrogen-bond donors (Lipinski definition) is 1. The Kier molecular flexibility index (Phi) is 4.66. The van der Waals surface area contributed by atoms with Gasteiger partial charge in [0.15, 0.2) is 5.82 Å². The monoisotopic (exact) mass is 320 g/mol. The SMILES string of the molecule is Cc1nnc(NC(C)c2ccc(Cl)cc2Cl)c(C#N)c1C. The lowest BCUT2D eigenvalue weighted by Crippen LogP contribution is -2.12. The third kappa shape index (κ3) is 3.26. The highest BCUT2D eigenvalue weighted by molar-refractivity contribution is 6.35. The molecule has 1 aromatic carbocycles. The molecule has 0 amide bonds. The van der Waals surface area contributed by atoms with E-state index >= 15 is 0 Å². The Balaban J connectivity index is 2.34. The van der Waals surface area contributed by atoms with E-state index in [4.69, 9.17) is 23.2 Å². The molecular weight excluding hydrogens is 307 g/mol. The van der Waals surface area contributed by atoms with E-state index < -0.39 is 0 Å². The van der Waals surface area contributed by atoms with Gasteiger partial charge in [0.25, 0.3) is 0 Å².